The van der Waals surface area contributed by atoms with Crippen LogP contribution >= 0.6 is 0 Å². The summed E-state index contributed by atoms with van der Waals surface area (Å²) in [6.07, 6.45) is 3.89. The van der Waals surface area contributed by atoms with Crippen LogP contribution in [-0.4, -0.2) is 47.6 Å². The number of anilines is 4. The van der Waals surface area contributed by atoms with Crippen molar-refractivity contribution < 1.29 is 22.7 Å². The third-order valence-corrected chi connectivity index (χ3v) is 6.40. The first-order valence-corrected chi connectivity index (χ1v) is 11.6. The Morgan fingerprint density at radius 1 is 1.11 bits per heavy atom. The molecule has 0 aliphatic carbocycles. The van der Waals surface area contributed by atoms with Gasteiger partial charge in [-0.1, -0.05) is 0 Å². The van der Waals surface area contributed by atoms with Gasteiger partial charge < -0.3 is 26.1 Å². The van der Waals surface area contributed by atoms with E-state index >= 15 is 0 Å². The second-order valence-corrected chi connectivity index (χ2v) is 8.79. The van der Waals surface area contributed by atoms with Gasteiger partial charge in [-0.15, -0.1) is 0 Å². The highest BCUT2D eigenvalue weighted by Gasteiger charge is 2.20. The minimum absolute atomic E-state index is 0.107. The van der Waals surface area contributed by atoms with Crippen molar-refractivity contribution in [3.63, 3.8) is 0 Å². The molecule has 192 valence electrons. The Hall–Kier alpha value is -4.25. The molecule has 5 N–H and O–H groups in total. The number of fused-ring (bicyclic) bond motifs is 2. The number of amides is 1. The van der Waals surface area contributed by atoms with E-state index in [9.17, 15) is 18.0 Å². The third kappa shape index (κ3) is 4.90. The predicted molar refractivity (Wildman–Crippen MR) is 135 cm³/mol. The molecule has 0 saturated heterocycles. The van der Waals surface area contributed by atoms with E-state index in [1.54, 1.807) is 19.4 Å². The van der Waals surface area contributed by atoms with Gasteiger partial charge in [0.2, 0.25) is 0 Å². The zero-order valence-corrected chi connectivity index (χ0v) is 20.0. The summed E-state index contributed by atoms with van der Waals surface area (Å²) in [7, 11) is 1.59. The summed E-state index contributed by atoms with van der Waals surface area (Å²) in [6.45, 7) is 1.45. The van der Waals surface area contributed by atoms with E-state index in [1.807, 2.05) is 12.1 Å². The maximum atomic E-state index is 14.2. The molecule has 0 fully saturated rings. The lowest BCUT2D eigenvalue weighted by Crippen LogP contribution is -2.32. The van der Waals surface area contributed by atoms with Gasteiger partial charge in [-0.05, 0) is 41.8 Å². The summed E-state index contributed by atoms with van der Waals surface area (Å²) in [5.41, 5.74) is 8.78. The first-order chi connectivity index (χ1) is 17.9. The van der Waals surface area contributed by atoms with Gasteiger partial charge in [0.25, 0.3) is 5.91 Å². The van der Waals surface area contributed by atoms with E-state index in [2.05, 4.69) is 25.5 Å². The first kappa shape index (κ1) is 24.4. The summed E-state index contributed by atoms with van der Waals surface area (Å²) < 4.78 is 46.6. The topological polar surface area (TPSA) is 108 Å². The molecule has 3 heterocycles. The van der Waals surface area contributed by atoms with Crippen LogP contribution in [0.1, 0.15) is 21.5 Å². The molecule has 1 aliphatic rings. The molecule has 0 bridgehead atoms. The number of halogens is 3. The summed E-state index contributed by atoms with van der Waals surface area (Å²) >= 11 is 0. The van der Waals surface area contributed by atoms with Crippen LogP contribution in [-0.2, 0) is 13.0 Å². The molecule has 2 aromatic carbocycles. The van der Waals surface area contributed by atoms with E-state index < -0.39 is 23.1 Å². The number of alkyl halides is 1. The van der Waals surface area contributed by atoms with Crippen LogP contribution in [0, 0.1) is 11.6 Å². The molecule has 2 aromatic heterocycles. The van der Waals surface area contributed by atoms with Crippen LogP contribution in [0.2, 0.25) is 0 Å². The average molecular weight is 511 g/mol. The Kier molecular flexibility index (Phi) is 6.62. The van der Waals surface area contributed by atoms with Crippen molar-refractivity contribution in [2.24, 2.45) is 5.73 Å². The van der Waals surface area contributed by atoms with Crippen LogP contribution in [0.4, 0.5) is 36.1 Å². The molecule has 11 heteroatoms. The molecule has 0 saturated carbocycles. The van der Waals surface area contributed by atoms with Gasteiger partial charge >= 0.3 is 0 Å². The van der Waals surface area contributed by atoms with Crippen molar-refractivity contribution in [2.45, 2.75) is 13.0 Å². The predicted octanol–water partition coefficient (Wildman–Crippen LogP) is 4.76. The number of aromatic nitrogens is 2. The molecule has 0 atom stereocenters. The number of pyridine rings is 1. The third-order valence-electron chi connectivity index (χ3n) is 6.40. The quantitative estimate of drug-likeness (QED) is 0.272. The number of hydrogen-bond donors (Lipinski definition) is 4. The van der Waals surface area contributed by atoms with E-state index in [0.717, 1.165) is 35.8 Å². The summed E-state index contributed by atoms with van der Waals surface area (Å²) in [4.78, 5) is 21.3. The molecule has 0 unspecified atom stereocenters. The van der Waals surface area contributed by atoms with E-state index in [0.29, 0.717) is 47.3 Å². The highest BCUT2D eigenvalue weighted by molar-refractivity contribution is 6.02. The summed E-state index contributed by atoms with van der Waals surface area (Å²) in [5, 5.41) is 6.87. The molecule has 1 aliphatic heterocycles. The number of benzene rings is 2. The van der Waals surface area contributed by atoms with Gasteiger partial charge in [0.15, 0.2) is 0 Å². The van der Waals surface area contributed by atoms with Crippen LogP contribution < -0.4 is 21.1 Å². The number of primary amides is 1. The lowest BCUT2D eigenvalue weighted by atomic mass is 9.98. The monoisotopic (exact) mass is 510 g/mol. The van der Waals surface area contributed by atoms with Crippen LogP contribution in [0.15, 0.2) is 42.7 Å². The lowest BCUT2D eigenvalue weighted by Gasteiger charge is -2.29. The molecule has 1 amide bonds. The largest absolute Gasteiger partial charge is 0.495 e. The SMILES string of the molecule is COc1cc2c(cc1Nc1cc3c(Nc4cc(F)cc(F)c4C(N)=O)cncc3[nH]1)CN(CCF)CC2. The highest BCUT2D eigenvalue weighted by atomic mass is 19.1. The number of nitrogens with one attached hydrogen (secondary N) is 3. The maximum Gasteiger partial charge on any atom is 0.253 e. The zero-order chi connectivity index (χ0) is 26.1. The van der Waals surface area contributed by atoms with Crippen LogP contribution in [0.25, 0.3) is 10.9 Å². The van der Waals surface area contributed by atoms with Crippen molar-refractivity contribution in [1.29, 1.82) is 0 Å². The fourth-order valence-electron chi connectivity index (χ4n) is 4.65. The molecular formula is C26H25F3N6O2. The van der Waals surface area contributed by atoms with E-state index in [4.69, 9.17) is 10.5 Å². The molecule has 37 heavy (non-hydrogen) atoms. The second-order valence-electron chi connectivity index (χ2n) is 8.79. The van der Waals surface area contributed by atoms with Gasteiger partial charge in [0.1, 0.15) is 29.9 Å². The number of nitrogens with zero attached hydrogens (tertiary/aromatic N) is 2. The Bertz CT molecular complexity index is 1490. The van der Waals surface area contributed by atoms with Gasteiger partial charge in [-0.25, -0.2) is 13.2 Å². The standard InChI is InChI=1S/C26H25F3N6O2/c1-37-23-7-14-2-4-35(5-3-27)13-15(14)6-19(23)33-24-10-17-21(11-31-12-22(17)34-24)32-20-9-16(28)8-18(29)25(20)26(30)36/h6-12,32-34H,2-5,13H2,1H3,(H2,30,36). The van der Waals surface area contributed by atoms with Crippen LogP contribution in [0.3, 0.4) is 0 Å². The van der Waals surface area contributed by atoms with Gasteiger partial charge in [-0.2, -0.15) is 0 Å². The fraction of sp³-hybridized carbons (Fsp3) is 0.231. The van der Waals surface area contributed by atoms with E-state index in [-0.39, 0.29) is 12.4 Å². The highest BCUT2D eigenvalue weighted by Crippen LogP contribution is 2.36. The Labute approximate surface area is 210 Å². The van der Waals surface area contributed by atoms with E-state index in [1.165, 1.54) is 6.20 Å². The lowest BCUT2D eigenvalue weighted by molar-refractivity contribution is 0.0997. The molecule has 0 radical (unpaired) electrons. The molecule has 4 aromatic rings. The van der Waals surface area contributed by atoms with Gasteiger partial charge in [-0.3, -0.25) is 14.7 Å². The number of carbonyl (C=O) groups is 1. The number of hydrogen-bond acceptors (Lipinski definition) is 6. The molecular weight excluding hydrogens is 485 g/mol. The van der Waals surface area contributed by atoms with Crippen molar-refractivity contribution in [3.05, 3.63) is 71.1 Å². The van der Waals surface area contributed by atoms with Gasteiger partial charge in [0.05, 0.1) is 47.6 Å². The normalized spacial score (nSPS) is 13.4. The first-order valence-electron chi connectivity index (χ1n) is 11.6. The molecule has 5 rings (SSSR count). The number of carbonyl (C=O) groups excluding carboxylic acids is 1. The Morgan fingerprint density at radius 2 is 1.95 bits per heavy atom. The summed E-state index contributed by atoms with van der Waals surface area (Å²) in [5.74, 6) is -1.67. The number of aromatic amines is 1. The maximum absolute atomic E-state index is 14.2. The van der Waals surface area contributed by atoms with Crippen molar-refractivity contribution in [1.82, 2.24) is 14.9 Å². The zero-order valence-electron chi connectivity index (χ0n) is 20.0. The Morgan fingerprint density at radius 3 is 2.70 bits per heavy atom. The van der Waals surface area contributed by atoms with Gasteiger partial charge in [0, 0.05) is 31.1 Å². The van der Waals surface area contributed by atoms with Crippen molar-refractivity contribution in [2.75, 3.05) is 37.5 Å². The van der Waals surface area contributed by atoms with Crippen LogP contribution in [0.5, 0.6) is 5.75 Å². The minimum Gasteiger partial charge on any atom is -0.495 e. The average Bonchev–Trinajstić information content (AvgIpc) is 3.26. The smallest absolute Gasteiger partial charge is 0.253 e. The summed E-state index contributed by atoms with van der Waals surface area (Å²) in [6, 6.07) is 7.39. The molecule has 0 spiro atoms. The van der Waals surface area contributed by atoms with Crippen molar-refractivity contribution in [3.8, 4) is 5.75 Å². The fourth-order valence-corrected chi connectivity index (χ4v) is 4.65. The van der Waals surface area contributed by atoms with Crippen molar-refractivity contribution >= 4 is 39.7 Å². The molecule has 8 nitrogen and oxygen atoms in total. The minimum atomic E-state index is -1.06. The second kappa shape index (κ2) is 10.0. The number of methoxy groups -OCH3 is 1. The number of rotatable bonds is 8. The number of nitrogens with two attached hydrogens (primary N) is 1. The number of H-pyrrole nitrogens is 1. The number of ether oxygens (including phenoxy) is 1. The Balaban J connectivity index is 1.47.